The van der Waals surface area contributed by atoms with Gasteiger partial charge in [-0.2, -0.15) is 0 Å². The van der Waals surface area contributed by atoms with E-state index in [1.54, 1.807) is 24.3 Å². The average molecular weight is 237 g/mol. The molecule has 0 saturated carbocycles. The van der Waals surface area contributed by atoms with E-state index in [0.29, 0.717) is 18.5 Å². The molecule has 17 heavy (non-hydrogen) atoms. The van der Waals surface area contributed by atoms with Gasteiger partial charge in [-0.25, -0.2) is 5.90 Å². The summed E-state index contributed by atoms with van der Waals surface area (Å²) in [5.41, 5.74) is 6.59. The van der Waals surface area contributed by atoms with E-state index in [1.807, 2.05) is 0 Å². The maximum Gasteiger partial charge on any atom is 0.248 e. The van der Waals surface area contributed by atoms with Crippen LogP contribution < -0.4 is 16.9 Å². The van der Waals surface area contributed by atoms with Crippen molar-refractivity contribution in [1.29, 1.82) is 0 Å². The highest BCUT2D eigenvalue weighted by Crippen LogP contribution is 2.04. The Hall–Kier alpha value is -1.92. The van der Waals surface area contributed by atoms with Crippen LogP contribution in [0.3, 0.4) is 0 Å². The quantitative estimate of drug-likeness (QED) is 0.570. The molecule has 5 N–H and O–H groups in total. The van der Waals surface area contributed by atoms with Crippen LogP contribution in [0.4, 0.5) is 0 Å². The molecule has 0 bridgehead atoms. The Morgan fingerprint density at radius 1 is 1.24 bits per heavy atom. The summed E-state index contributed by atoms with van der Waals surface area (Å²) >= 11 is 0. The highest BCUT2D eigenvalue weighted by molar-refractivity contribution is 5.92. The molecule has 0 heterocycles. The second-order valence-electron chi connectivity index (χ2n) is 3.47. The van der Waals surface area contributed by atoms with E-state index in [1.165, 1.54) is 0 Å². The number of nitrogens with two attached hydrogens (primary N) is 2. The maximum atomic E-state index is 11.0. The van der Waals surface area contributed by atoms with Crippen LogP contribution in [-0.4, -0.2) is 25.0 Å². The lowest BCUT2D eigenvalue weighted by molar-refractivity contribution is -0.125. The zero-order chi connectivity index (χ0) is 12.7. The normalized spacial score (nSPS) is 9.94. The maximum absolute atomic E-state index is 11.0. The summed E-state index contributed by atoms with van der Waals surface area (Å²) in [6, 6.07) is 6.91. The molecule has 0 aliphatic rings. The lowest BCUT2D eigenvalue weighted by Crippen LogP contribution is -2.30. The van der Waals surface area contributed by atoms with Crippen molar-refractivity contribution < 1.29 is 14.4 Å². The number of amides is 2. The van der Waals surface area contributed by atoms with Crippen LogP contribution in [0.15, 0.2) is 24.3 Å². The summed E-state index contributed by atoms with van der Waals surface area (Å²) in [7, 11) is 0. The highest BCUT2D eigenvalue weighted by atomic mass is 16.6. The lowest BCUT2D eigenvalue weighted by Gasteiger charge is -2.04. The lowest BCUT2D eigenvalue weighted by atomic mass is 10.1. The Morgan fingerprint density at radius 2 is 1.88 bits per heavy atom. The second kappa shape index (κ2) is 6.62. The van der Waals surface area contributed by atoms with Crippen molar-refractivity contribution in [1.82, 2.24) is 5.32 Å². The number of carbonyl (C=O) groups excluding carboxylic acids is 2. The molecule has 0 saturated heterocycles. The van der Waals surface area contributed by atoms with Gasteiger partial charge in [-0.1, -0.05) is 12.1 Å². The van der Waals surface area contributed by atoms with E-state index < -0.39 is 5.91 Å². The van der Waals surface area contributed by atoms with Crippen LogP contribution in [0.1, 0.15) is 15.9 Å². The van der Waals surface area contributed by atoms with E-state index in [9.17, 15) is 9.59 Å². The molecule has 1 rings (SSSR count). The Labute approximate surface area is 98.9 Å². The fourth-order valence-electron chi connectivity index (χ4n) is 1.31. The minimum atomic E-state index is -0.454. The molecule has 0 spiro atoms. The molecule has 1 aromatic carbocycles. The van der Waals surface area contributed by atoms with Crippen molar-refractivity contribution >= 4 is 11.8 Å². The molecule has 1 aromatic rings. The van der Waals surface area contributed by atoms with Crippen LogP contribution in [0.25, 0.3) is 0 Å². The number of nitrogens with one attached hydrogen (secondary N) is 1. The Balaban J connectivity index is 2.37. The molecular weight excluding hydrogens is 222 g/mol. The summed E-state index contributed by atoms with van der Waals surface area (Å²) in [6.07, 6.45) is 0.662. The summed E-state index contributed by atoms with van der Waals surface area (Å²) in [4.78, 5) is 26.0. The molecular formula is C11H15N3O3. The van der Waals surface area contributed by atoms with Gasteiger partial charge in [-0.15, -0.1) is 0 Å². The number of carbonyl (C=O) groups is 2. The highest BCUT2D eigenvalue weighted by Gasteiger charge is 2.01. The number of primary amides is 1. The summed E-state index contributed by atoms with van der Waals surface area (Å²) in [5.74, 6) is 4.04. The van der Waals surface area contributed by atoms with E-state index in [-0.39, 0.29) is 12.5 Å². The standard InChI is InChI=1S/C11H15N3O3/c12-11(16)9-3-1-8(2-4-9)5-6-14-10(15)7-17-13/h1-4H,5-7,13H2,(H2,12,16)(H,14,15). The van der Waals surface area contributed by atoms with E-state index in [4.69, 9.17) is 11.6 Å². The zero-order valence-corrected chi connectivity index (χ0v) is 9.31. The molecule has 0 aliphatic carbocycles. The SMILES string of the molecule is NOCC(=O)NCCc1ccc(C(N)=O)cc1. The summed E-state index contributed by atoms with van der Waals surface area (Å²) < 4.78 is 0. The van der Waals surface area contributed by atoms with Crippen LogP contribution in [0, 0.1) is 0 Å². The van der Waals surface area contributed by atoms with Gasteiger partial charge < -0.3 is 11.1 Å². The predicted octanol–water partition coefficient (Wildman–Crippen LogP) is -0.665. The van der Waals surface area contributed by atoms with E-state index in [2.05, 4.69) is 10.2 Å². The molecule has 92 valence electrons. The molecule has 0 aromatic heterocycles. The third-order valence-electron chi connectivity index (χ3n) is 2.19. The van der Waals surface area contributed by atoms with Crippen molar-refractivity contribution in [2.45, 2.75) is 6.42 Å². The van der Waals surface area contributed by atoms with Gasteiger partial charge in [0.2, 0.25) is 11.8 Å². The Morgan fingerprint density at radius 3 is 2.41 bits per heavy atom. The van der Waals surface area contributed by atoms with Crippen molar-refractivity contribution in [3.05, 3.63) is 35.4 Å². The topological polar surface area (TPSA) is 107 Å². The first-order chi connectivity index (χ1) is 8.13. The fourth-order valence-corrected chi connectivity index (χ4v) is 1.31. The summed E-state index contributed by atoms with van der Waals surface area (Å²) in [6.45, 7) is 0.332. The molecule has 0 aliphatic heterocycles. The fraction of sp³-hybridized carbons (Fsp3) is 0.273. The first kappa shape index (κ1) is 13.1. The number of benzene rings is 1. The molecule has 0 unspecified atom stereocenters. The Kier molecular flexibility index (Phi) is 5.12. The van der Waals surface area contributed by atoms with Gasteiger partial charge in [-0.3, -0.25) is 14.4 Å². The van der Waals surface area contributed by atoms with E-state index in [0.717, 1.165) is 5.56 Å². The monoisotopic (exact) mass is 237 g/mol. The van der Waals surface area contributed by atoms with E-state index >= 15 is 0 Å². The first-order valence-corrected chi connectivity index (χ1v) is 5.10. The molecule has 2 amide bonds. The van der Waals surface area contributed by atoms with Gasteiger partial charge in [0.25, 0.3) is 0 Å². The van der Waals surface area contributed by atoms with Crippen molar-refractivity contribution in [2.24, 2.45) is 11.6 Å². The predicted molar refractivity (Wildman–Crippen MR) is 61.8 cm³/mol. The van der Waals surface area contributed by atoms with Crippen molar-refractivity contribution in [2.75, 3.05) is 13.2 Å². The van der Waals surface area contributed by atoms with Crippen molar-refractivity contribution in [3.63, 3.8) is 0 Å². The minimum absolute atomic E-state index is 0.152. The molecule has 0 fully saturated rings. The molecule has 6 heteroatoms. The summed E-state index contributed by atoms with van der Waals surface area (Å²) in [5, 5.41) is 2.63. The van der Waals surface area contributed by atoms with Gasteiger partial charge in [0.15, 0.2) is 0 Å². The smallest absolute Gasteiger partial charge is 0.248 e. The number of hydrogen-bond acceptors (Lipinski definition) is 4. The third-order valence-corrected chi connectivity index (χ3v) is 2.19. The average Bonchev–Trinajstić information content (AvgIpc) is 2.30. The first-order valence-electron chi connectivity index (χ1n) is 5.10. The van der Waals surface area contributed by atoms with Gasteiger partial charge >= 0.3 is 0 Å². The van der Waals surface area contributed by atoms with Gasteiger partial charge in [0, 0.05) is 12.1 Å². The Bertz CT molecular complexity index is 389. The molecule has 6 nitrogen and oxygen atoms in total. The van der Waals surface area contributed by atoms with Crippen molar-refractivity contribution in [3.8, 4) is 0 Å². The number of hydrogen-bond donors (Lipinski definition) is 3. The largest absolute Gasteiger partial charge is 0.366 e. The van der Waals surface area contributed by atoms with Crippen LogP contribution >= 0.6 is 0 Å². The third kappa shape index (κ3) is 4.62. The number of rotatable bonds is 6. The zero-order valence-electron chi connectivity index (χ0n) is 9.31. The van der Waals surface area contributed by atoms with Gasteiger partial charge in [-0.05, 0) is 24.1 Å². The molecule has 0 atom stereocenters. The van der Waals surface area contributed by atoms with Crippen LogP contribution in [0.2, 0.25) is 0 Å². The van der Waals surface area contributed by atoms with Crippen LogP contribution in [-0.2, 0) is 16.1 Å². The van der Waals surface area contributed by atoms with Crippen LogP contribution in [0.5, 0.6) is 0 Å². The minimum Gasteiger partial charge on any atom is -0.366 e. The second-order valence-corrected chi connectivity index (χ2v) is 3.47. The van der Waals surface area contributed by atoms with Gasteiger partial charge in [0.05, 0.1) is 0 Å². The molecule has 0 radical (unpaired) electrons. The van der Waals surface area contributed by atoms with Gasteiger partial charge in [0.1, 0.15) is 6.61 Å².